The predicted molar refractivity (Wildman–Crippen MR) is 138 cm³/mol. The fourth-order valence-electron chi connectivity index (χ4n) is 8.05. The van der Waals surface area contributed by atoms with Gasteiger partial charge in [-0.05, 0) is 106 Å². The first-order valence-electron chi connectivity index (χ1n) is 13.1. The van der Waals surface area contributed by atoms with E-state index in [-0.39, 0.29) is 17.2 Å². The molecule has 3 unspecified atom stereocenters. The molecule has 4 heteroatoms. The molecule has 4 saturated carbocycles. The molecule has 0 amide bonds. The third kappa shape index (κ3) is 3.48. The van der Waals surface area contributed by atoms with Gasteiger partial charge in [-0.25, -0.2) is 0 Å². The molecule has 182 valence electrons. The number of hydrogen-bond donors (Lipinski definition) is 1. The van der Waals surface area contributed by atoms with Gasteiger partial charge in [-0.2, -0.15) is 0 Å². The number of nitrogens with one attached hydrogen (secondary N) is 1. The maximum atomic E-state index is 13.8. The second kappa shape index (κ2) is 7.81. The van der Waals surface area contributed by atoms with Crippen molar-refractivity contribution in [3.8, 4) is 0 Å². The quantitative estimate of drug-likeness (QED) is 0.332. The Bertz CT molecular complexity index is 1330. The average Bonchev–Trinajstić information content (AvgIpc) is 3.15. The van der Waals surface area contributed by atoms with Crippen LogP contribution in [0, 0.1) is 38.0 Å². The molecule has 1 aromatic heterocycles. The SMILES string of the molecule is Cc1ccc(C23CC4CC(CC(C(=O)OC(C)C(=O)c5c(C)[nH]c6ccccc56)(C4)C2)C3)cc1C. The second-order valence-corrected chi connectivity index (χ2v) is 11.9. The molecule has 2 aromatic carbocycles. The van der Waals surface area contributed by atoms with E-state index in [2.05, 4.69) is 37.0 Å². The monoisotopic (exact) mass is 469 g/mol. The van der Waals surface area contributed by atoms with E-state index in [9.17, 15) is 9.59 Å². The summed E-state index contributed by atoms with van der Waals surface area (Å²) < 4.78 is 6.05. The van der Waals surface area contributed by atoms with Gasteiger partial charge >= 0.3 is 5.97 Å². The van der Waals surface area contributed by atoms with Crippen LogP contribution in [0.2, 0.25) is 0 Å². The molecule has 0 saturated heterocycles. The number of ketones is 1. The number of carbonyl (C=O) groups excluding carboxylic acids is 2. The zero-order chi connectivity index (χ0) is 24.5. The zero-order valence-corrected chi connectivity index (χ0v) is 21.2. The van der Waals surface area contributed by atoms with Crippen molar-refractivity contribution < 1.29 is 14.3 Å². The molecule has 4 fully saturated rings. The summed E-state index contributed by atoms with van der Waals surface area (Å²) in [6.07, 6.45) is 5.43. The number of esters is 1. The van der Waals surface area contributed by atoms with Crippen molar-refractivity contribution >= 4 is 22.7 Å². The number of H-pyrrole nitrogens is 1. The molecule has 4 nitrogen and oxygen atoms in total. The Hall–Kier alpha value is -2.88. The molecule has 3 atom stereocenters. The lowest BCUT2D eigenvalue weighted by Crippen LogP contribution is -2.57. The van der Waals surface area contributed by atoms with Crippen molar-refractivity contribution in [3.05, 3.63) is 70.4 Å². The zero-order valence-electron chi connectivity index (χ0n) is 21.2. The van der Waals surface area contributed by atoms with Gasteiger partial charge in [0.05, 0.1) is 5.41 Å². The number of aromatic nitrogens is 1. The number of carbonyl (C=O) groups is 2. The van der Waals surface area contributed by atoms with E-state index in [0.29, 0.717) is 17.4 Å². The topological polar surface area (TPSA) is 59.2 Å². The Morgan fingerprint density at radius 1 is 0.971 bits per heavy atom. The predicted octanol–water partition coefficient (Wildman–Crippen LogP) is 6.75. The summed E-state index contributed by atoms with van der Waals surface area (Å²) in [6.45, 7) is 7.99. The van der Waals surface area contributed by atoms with Crippen LogP contribution < -0.4 is 0 Å². The Morgan fingerprint density at radius 2 is 1.69 bits per heavy atom. The molecule has 4 aliphatic carbocycles. The first kappa shape index (κ1) is 22.6. The van der Waals surface area contributed by atoms with Crippen LogP contribution in [-0.4, -0.2) is 22.8 Å². The van der Waals surface area contributed by atoms with Crippen LogP contribution in [0.4, 0.5) is 0 Å². The summed E-state index contributed by atoms with van der Waals surface area (Å²) in [5, 5.41) is 0.890. The first-order chi connectivity index (χ1) is 16.7. The van der Waals surface area contributed by atoms with E-state index >= 15 is 0 Å². The summed E-state index contributed by atoms with van der Waals surface area (Å²) in [4.78, 5) is 30.6. The number of aryl methyl sites for hydroxylation is 3. The Labute approximate surface area is 207 Å². The Morgan fingerprint density at radius 3 is 2.40 bits per heavy atom. The highest BCUT2D eigenvalue weighted by molar-refractivity contribution is 6.11. The van der Waals surface area contributed by atoms with Gasteiger partial charge in [0.25, 0.3) is 0 Å². The Balaban J connectivity index is 1.28. The summed E-state index contributed by atoms with van der Waals surface area (Å²) in [5.41, 5.74) is 6.01. The minimum atomic E-state index is -0.800. The average molecular weight is 470 g/mol. The molecule has 3 aromatic rings. The highest BCUT2D eigenvalue weighted by Crippen LogP contribution is 2.66. The minimum absolute atomic E-state index is 0.0578. The van der Waals surface area contributed by atoms with Crippen LogP contribution >= 0.6 is 0 Å². The molecule has 7 rings (SSSR count). The fourth-order valence-corrected chi connectivity index (χ4v) is 8.05. The largest absolute Gasteiger partial charge is 0.454 e. The first-order valence-corrected chi connectivity index (χ1v) is 13.1. The number of benzene rings is 2. The molecule has 0 spiro atoms. The molecule has 0 aliphatic heterocycles. The number of rotatable bonds is 5. The molecule has 1 N–H and O–H groups in total. The summed E-state index contributed by atoms with van der Waals surface area (Å²) in [6, 6.07) is 14.7. The van der Waals surface area contributed by atoms with Crippen molar-refractivity contribution in [3.63, 3.8) is 0 Å². The van der Waals surface area contributed by atoms with Crippen molar-refractivity contribution in [1.82, 2.24) is 4.98 Å². The highest BCUT2D eigenvalue weighted by Gasteiger charge is 2.62. The molecule has 4 bridgehead atoms. The van der Waals surface area contributed by atoms with E-state index < -0.39 is 11.5 Å². The lowest BCUT2D eigenvalue weighted by Gasteiger charge is -2.61. The highest BCUT2D eigenvalue weighted by atomic mass is 16.5. The van der Waals surface area contributed by atoms with Gasteiger partial charge in [0.2, 0.25) is 5.78 Å². The van der Waals surface area contributed by atoms with Crippen LogP contribution in [0.1, 0.15) is 78.2 Å². The van der Waals surface area contributed by atoms with E-state index in [4.69, 9.17) is 4.74 Å². The smallest absolute Gasteiger partial charge is 0.312 e. The van der Waals surface area contributed by atoms with Crippen LogP contribution in [0.25, 0.3) is 10.9 Å². The van der Waals surface area contributed by atoms with Gasteiger partial charge in [0.15, 0.2) is 6.10 Å². The van der Waals surface area contributed by atoms with E-state index in [1.807, 2.05) is 31.2 Å². The van der Waals surface area contributed by atoms with Crippen molar-refractivity contribution in [2.24, 2.45) is 17.3 Å². The summed E-state index contributed by atoms with van der Waals surface area (Å²) in [7, 11) is 0. The van der Waals surface area contributed by atoms with Gasteiger partial charge in [0, 0.05) is 22.2 Å². The van der Waals surface area contributed by atoms with Crippen LogP contribution in [-0.2, 0) is 14.9 Å². The third-order valence-corrected chi connectivity index (χ3v) is 9.41. The maximum Gasteiger partial charge on any atom is 0.312 e. The number of para-hydroxylation sites is 1. The van der Waals surface area contributed by atoms with Gasteiger partial charge < -0.3 is 9.72 Å². The Kier molecular flexibility index (Phi) is 5.04. The fraction of sp³-hybridized carbons (Fsp3) is 0.484. The number of hydrogen-bond acceptors (Lipinski definition) is 3. The van der Waals surface area contributed by atoms with Gasteiger partial charge in [-0.15, -0.1) is 0 Å². The number of ether oxygens (including phenoxy) is 1. The van der Waals surface area contributed by atoms with E-state index in [1.54, 1.807) is 6.92 Å². The van der Waals surface area contributed by atoms with Crippen LogP contribution in [0.5, 0.6) is 0 Å². The lowest BCUT2D eigenvalue weighted by molar-refractivity contribution is -0.176. The van der Waals surface area contributed by atoms with E-state index in [1.165, 1.54) is 36.0 Å². The summed E-state index contributed by atoms with van der Waals surface area (Å²) >= 11 is 0. The lowest BCUT2D eigenvalue weighted by atomic mass is 9.43. The third-order valence-electron chi connectivity index (χ3n) is 9.41. The van der Waals surface area contributed by atoms with Crippen LogP contribution in [0.15, 0.2) is 42.5 Å². The van der Waals surface area contributed by atoms with Crippen molar-refractivity contribution in [2.75, 3.05) is 0 Å². The van der Waals surface area contributed by atoms with E-state index in [0.717, 1.165) is 35.9 Å². The minimum Gasteiger partial charge on any atom is -0.454 e. The number of fused-ring (bicyclic) bond motifs is 1. The van der Waals surface area contributed by atoms with Crippen LogP contribution in [0.3, 0.4) is 0 Å². The van der Waals surface area contributed by atoms with Gasteiger partial charge in [-0.3, -0.25) is 9.59 Å². The number of aromatic amines is 1. The molecular formula is C31H35NO3. The molecule has 4 aliphatic rings. The normalized spacial score (nSPS) is 29.9. The second-order valence-electron chi connectivity index (χ2n) is 11.9. The standard InChI is InChI=1S/C31H35NO3/c1-18-9-10-24(11-19(18)2)30-13-22-12-23(14-30)16-31(15-22,17-30)29(34)35-21(4)28(33)27-20(3)32-26-8-6-5-7-25(26)27/h5-11,21-23,32H,12-17H2,1-4H3. The molecular weight excluding hydrogens is 434 g/mol. The van der Waals surface area contributed by atoms with Gasteiger partial charge in [-0.1, -0.05) is 36.4 Å². The molecule has 1 heterocycles. The molecule has 0 radical (unpaired) electrons. The molecule has 35 heavy (non-hydrogen) atoms. The van der Waals surface area contributed by atoms with Crippen molar-refractivity contribution in [2.45, 2.75) is 77.7 Å². The maximum absolute atomic E-state index is 13.8. The number of Topliss-reactive ketones (excluding diaryl/α,β-unsaturated/α-hetero) is 1. The summed E-state index contributed by atoms with van der Waals surface area (Å²) in [5.74, 6) is 0.847. The van der Waals surface area contributed by atoms with Crippen molar-refractivity contribution in [1.29, 1.82) is 0 Å². The van der Waals surface area contributed by atoms with Gasteiger partial charge in [0.1, 0.15) is 0 Å².